The fourth-order valence-corrected chi connectivity index (χ4v) is 4.49. The summed E-state index contributed by atoms with van der Waals surface area (Å²) in [5.41, 5.74) is -1.59. The van der Waals surface area contributed by atoms with Gasteiger partial charge in [0.15, 0.2) is 5.54 Å². The van der Waals surface area contributed by atoms with Crippen LogP contribution in [0.3, 0.4) is 0 Å². The summed E-state index contributed by atoms with van der Waals surface area (Å²) in [5.74, 6) is -3.15. The Morgan fingerprint density at radius 1 is 1.48 bits per heavy atom. The molecule has 0 radical (unpaired) electrons. The van der Waals surface area contributed by atoms with Crippen LogP contribution >= 0.6 is 11.3 Å². The van der Waals surface area contributed by atoms with Crippen LogP contribution in [-0.2, 0) is 19.1 Å². The molecule has 3 heterocycles. The van der Waals surface area contributed by atoms with Gasteiger partial charge in [-0.25, -0.2) is 4.79 Å². The molecule has 23 heavy (non-hydrogen) atoms. The quantitative estimate of drug-likeness (QED) is 0.589. The molecule has 2 aliphatic heterocycles. The monoisotopic (exact) mass is 338 g/mol. The molecule has 2 N–H and O–H groups in total. The molecular formula is C15H18N2O5S. The smallest absolute Gasteiger partial charge is 0.329 e. The van der Waals surface area contributed by atoms with Crippen molar-refractivity contribution in [2.45, 2.75) is 18.5 Å². The molecule has 0 unspecified atom stereocenters. The van der Waals surface area contributed by atoms with Crippen LogP contribution in [0.25, 0.3) is 0 Å². The van der Waals surface area contributed by atoms with Crippen molar-refractivity contribution in [1.29, 1.82) is 0 Å². The van der Waals surface area contributed by atoms with Gasteiger partial charge in [0.25, 0.3) is 0 Å². The SMILES string of the molecule is CCN1C(=O)[C@H]2[C@@H](C1=O)[C@](CO)(C(=O)OC)N[C@H]2c1cccs1. The molecule has 2 fully saturated rings. The predicted molar refractivity (Wildman–Crippen MR) is 81.4 cm³/mol. The normalized spacial score (nSPS) is 33.2. The first kappa shape index (κ1) is 16.1. The third-order valence-electron chi connectivity index (χ3n) is 4.71. The van der Waals surface area contributed by atoms with E-state index in [-0.39, 0.29) is 12.5 Å². The van der Waals surface area contributed by atoms with Crippen molar-refractivity contribution in [1.82, 2.24) is 10.2 Å². The number of amides is 2. The van der Waals surface area contributed by atoms with Crippen molar-refractivity contribution in [2.75, 3.05) is 20.3 Å². The molecule has 1 aromatic heterocycles. The van der Waals surface area contributed by atoms with Crippen LogP contribution in [0, 0.1) is 11.8 Å². The van der Waals surface area contributed by atoms with Gasteiger partial charge >= 0.3 is 5.97 Å². The number of methoxy groups -OCH3 is 1. The van der Waals surface area contributed by atoms with Gasteiger partial charge in [-0.1, -0.05) is 6.07 Å². The minimum Gasteiger partial charge on any atom is -0.468 e. The minimum absolute atomic E-state index is 0.241. The Hall–Kier alpha value is -1.77. The van der Waals surface area contributed by atoms with Crippen LogP contribution in [0.1, 0.15) is 17.8 Å². The number of carbonyl (C=O) groups is 3. The standard InChI is InChI=1S/C15H18N2O5S/c1-3-17-12(19)9-10(13(17)20)15(7-18,14(21)22-2)16-11(9)8-5-4-6-23-8/h4-6,9-11,16,18H,3,7H2,1-2H3/t9-,10-,11-,15+/m0/s1. The van der Waals surface area contributed by atoms with E-state index in [0.29, 0.717) is 0 Å². The zero-order chi connectivity index (χ0) is 16.8. The molecule has 7 nitrogen and oxygen atoms in total. The number of nitrogens with one attached hydrogen (secondary N) is 1. The number of esters is 1. The Bertz CT molecular complexity index is 646. The second kappa shape index (κ2) is 5.70. The fourth-order valence-electron chi connectivity index (χ4n) is 3.67. The van der Waals surface area contributed by atoms with Gasteiger partial charge < -0.3 is 9.84 Å². The van der Waals surface area contributed by atoms with Crippen LogP contribution in [0.15, 0.2) is 17.5 Å². The lowest BCUT2D eigenvalue weighted by Crippen LogP contribution is -2.58. The highest BCUT2D eigenvalue weighted by atomic mass is 32.1. The number of carbonyl (C=O) groups excluding carboxylic acids is 3. The van der Waals surface area contributed by atoms with E-state index in [1.54, 1.807) is 6.92 Å². The zero-order valence-electron chi connectivity index (χ0n) is 12.8. The molecule has 2 saturated heterocycles. The molecule has 8 heteroatoms. The highest BCUT2D eigenvalue weighted by molar-refractivity contribution is 7.10. The van der Waals surface area contributed by atoms with E-state index >= 15 is 0 Å². The number of hydrogen-bond acceptors (Lipinski definition) is 7. The number of rotatable bonds is 4. The highest BCUT2D eigenvalue weighted by Crippen LogP contribution is 2.49. The van der Waals surface area contributed by atoms with Crippen molar-refractivity contribution in [3.63, 3.8) is 0 Å². The minimum atomic E-state index is -1.59. The van der Waals surface area contributed by atoms with Gasteiger partial charge in [0, 0.05) is 11.4 Å². The van der Waals surface area contributed by atoms with Gasteiger partial charge in [0.1, 0.15) is 0 Å². The van der Waals surface area contributed by atoms with Crippen LogP contribution < -0.4 is 5.32 Å². The summed E-state index contributed by atoms with van der Waals surface area (Å²) in [4.78, 5) is 39.7. The molecule has 2 aliphatic rings. The lowest BCUT2D eigenvalue weighted by atomic mass is 9.80. The summed E-state index contributed by atoms with van der Waals surface area (Å²) in [5, 5.41) is 14.8. The van der Waals surface area contributed by atoms with E-state index in [9.17, 15) is 19.5 Å². The average molecular weight is 338 g/mol. The Labute approximate surface area is 137 Å². The largest absolute Gasteiger partial charge is 0.468 e. The third kappa shape index (κ3) is 2.05. The molecule has 4 atom stereocenters. The molecule has 3 rings (SSSR count). The lowest BCUT2D eigenvalue weighted by molar-refractivity contribution is -0.156. The first-order chi connectivity index (χ1) is 11.0. The Kier molecular flexibility index (Phi) is 3.99. The van der Waals surface area contributed by atoms with Crippen molar-refractivity contribution < 1.29 is 24.2 Å². The number of thiophene rings is 1. The lowest BCUT2D eigenvalue weighted by Gasteiger charge is -2.30. The van der Waals surface area contributed by atoms with Crippen molar-refractivity contribution in [2.24, 2.45) is 11.8 Å². The molecule has 0 bridgehead atoms. The molecule has 0 spiro atoms. The average Bonchev–Trinajstić information content (AvgIpc) is 3.24. The number of imide groups is 1. The fraction of sp³-hybridized carbons (Fsp3) is 0.533. The van der Waals surface area contributed by atoms with Crippen LogP contribution in [0.4, 0.5) is 0 Å². The van der Waals surface area contributed by atoms with Crippen LogP contribution in [0.2, 0.25) is 0 Å². The highest BCUT2D eigenvalue weighted by Gasteiger charge is 2.68. The van der Waals surface area contributed by atoms with Gasteiger partial charge in [-0.05, 0) is 18.4 Å². The number of fused-ring (bicyclic) bond motifs is 1. The van der Waals surface area contributed by atoms with Crippen LogP contribution in [-0.4, -0.2) is 53.6 Å². The van der Waals surface area contributed by atoms with E-state index in [0.717, 1.165) is 9.78 Å². The zero-order valence-corrected chi connectivity index (χ0v) is 13.6. The topological polar surface area (TPSA) is 95.9 Å². The van der Waals surface area contributed by atoms with Crippen molar-refractivity contribution in [3.05, 3.63) is 22.4 Å². The van der Waals surface area contributed by atoms with Gasteiger partial charge in [-0.15, -0.1) is 11.3 Å². The molecule has 0 saturated carbocycles. The van der Waals surface area contributed by atoms with E-state index < -0.39 is 41.9 Å². The first-order valence-electron chi connectivity index (χ1n) is 7.37. The molecule has 0 aromatic carbocycles. The third-order valence-corrected chi connectivity index (χ3v) is 5.67. The molecule has 2 amide bonds. The second-order valence-corrected chi connectivity index (χ2v) is 6.66. The van der Waals surface area contributed by atoms with Crippen molar-refractivity contribution >= 4 is 29.1 Å². The number of nitrogens with zero attached hydrogens (tertiary/aromatic N) is 1. The van der Waals surface area contributed by atoms with Gasteiger partial charge in [0.05, 0.1) is 31.6 Å². The summed E-state index contributed by atoms with van der Waals surface area (Å²) in [6.45, 7) is 1.34. The van der Waals surface area contributed by atoms with Gasteiger partial charge in [-0.2, -0.15) is 0 Å². The Morgan fingerprint density at radius 3 is 2.74 bits per heavy atom. The number of likely N-dealkylation sites (tertiary alicyclic amines) is 1. The number of aliphatic hydroxyl groups excluding tert-OH is 1. The maximum Gasteiger partial charge on any atom is 0.329 e. The van der Waals surface area contributed by atoms with Crippen LogP contribution in [0.5, 0.6) is 0 Å². The number of hydrogen-bond donors (Lipinski definition) is 2. The Morgan fingerprint density at radius 2 is 2.22 bits per heavy atom. The second-order valence-electron chi connectivity index (χ2n) is 5.68. The molecular weight excluding hydrogens is 320 g/mol. The summed E-state index contributed by atoms with van der Waals surface area (Å²) in [6, 6.07) is 3.18. The van der Waals surface area contributed by atoms with Gasteiger partial charge in [-0.3, -0.25) is 19.8 Å². The van der Waals surface area contributed by atoms with E-state index in [4.69, 9.17) is 4.74 Å². The molecule has 0 aliphatic carbocycles. The van der Waals surface area contributed by atoms with E-state index in [1.165, 1.54) is 18.4 Å². The maximum absolute atomic E-state index is 12.7. The first-order valence-corrected chi connectivity index (χ1v) is 8.25. The summed E-state index contributed by atoms with van der Waals surface area (Å²) >= 11 is 1.43. The summed E-state index contributed by atoms with van der Waals surface area (Å²) < 4.78 is 4.81. The Balaban J connectivity index is 2.13. The van der Waals surface area contributed by atoms with E-state index in [2.05, 4.69) is 5.32 Å². The number of aliphatic hydroxyl groups is 1. The maximum atomic E-state index is 12.7. The van der Waals surface area contributed by atoms with Crippen molar-refractivity contribution in [3.8, 4) is 0 Å². The summed E-state index contributed by atoms with van der Waals surface area (Å²) in [6.07, 6.45) is 0. The van der Waals surface area contributed by atoms with E-state index in [1.807, 2.05) is 17.5 Å². The van der Waals surface area contributed by atoms with Gasteiger partial charge in [0.2, 0.25) is 11.8 Å². The molecule has 1 aromatic rings. The summed E-state index contributed by atoms with van der Waals surface area (Å²) in [7, 11) is 1.20. The predicted octanol–water partition coefficient (Wildman–Crippen LogP) is -0.0824. The number of ether oxygens (including phenoxy) is 1. The molecule has 124 valence electrons.